The van der Waals surface area contributed by atoms with Gasteiger partial charge in [0.1, 0.15) is 16.8 Å². The van der Waals surface area contributed by atoms with Crippen molar-refractivity contribution >= 4 is 22.0 Å². The Bertz CT molecular complexity index is 630. The highest BCUT2D eigenvalue weighted by atomic mass is 32.2. The minimum atomic E-state index is -4.35. The van der Waals surface area contributed by atoms with Crippen molar-refractivity contribution in [2.45, 2.75) is 23.8 Å². The monoisotopic (exact) mass is 319 g/mol. The fraction of sp³-hybridized carbons (Fsp3) is 0.333. The quantitative estimate of drug-likeness (QED) is 0.709. The number of hydrogen-bond acceptors (Lipinski definition) is 5. The molecule has 9 heteroatoms. The van der Waals surface area contributed by atoms with Gasteiger partial charge in [0.05, 0.1) is 7.11 Å². The van der Waals surface area contributed by atoms with E-state index in [2.05, 4.69) is 4.74 Å². The standard InChI is InChI=1S/C12H14FNO6S/c1-20-11(15)7-6-9(12(16)17)14-21(18,19)10-5-3-2-4-8(10)13/h2-5,9,14H,6-7H2,1H3,(H,16,17). The number of nitrogens with one attached hydrogen (secondary N) is 1. The van der Waals surface area contributed by atoms with E-state index in [1.807, 2.05) is 4.72 Å². The number of carboxylic acid groups (broad SMARTS) is 1. The van der Waals surface area contributed by atoms with Crippen LogP contribution in [0.4, 0.5) is 4.39 Å². The molecular weight excluding hydrogens is 305 g/mol. The number of halogens is 1. The second kappa shape index (κ2) is 7.14. The van der Waals surface area contributed by atoms with Gasteiger partial charge >= 0.3 is 11.9 Å². The molecule has 0 aliphatic heterocycles. The summed E-state index contributed by atoms with van der Waals surface area (Å²) in [6, 6.07) is 3.01. The highest BCUT2D eigenvalue weighted by molar-refractivity contribution is 7.89. The second-order valence-electron chi connectivity index (χ2n) is 4.06. The number of aliphatic carboxylic acids is 1. The molecule has 1 aromatic rings. The molecule has 0 saturated heterocycles. The molecule has 0 aromatic heterocycles. The van der Waals surface area contributed by atoms with Gasteiger partial charge in [-0.15, -0.1) is 0 Å². The van der Waals surface area contributed by atoms with Crippen LogP contribution in [0.3, 0.4) is 0 Å². The first kappa shape index (κ1) is 17.1. The van der Waals surface area contributed by atoms with Crippen LogP contribution < -0.4 is 4.72 Å². The van der Waals surface area contributed by atoms with Crippen LogP contribution in [0.1, 0.15) is 12.8 Å². The molecule has 1 aromatic carbocycles. The lowest BCUT2D eigenvalue weighted by molar-refractivity contribution is -0.142. The molecule has 0 saturated carbocycles. The molecule has 0 amide bonds. The molecule has 0 heterocycles. The van der Waals surface area contributed by atoms with E-state index < -0.39 is 38.7 Å². The van der Waals surface area contributed by atoms with Crippen LogP contribution in [-0.2, 0) is 24.3 Å². The highest BCUT2D eigenvalue weighted by Crippen LogP contribution is 2.14. The van der Waals surface area contributed by atoms with Crippen molar-refractivity contribution in [2.75, 3.05) is 7.11 Å². The SMILES string of the molecule is COC(=O)CCC(NS(=O)(=O)c1ccccc1F)C(=O)O. The van der Waals surface area contributed by atoms with E-state index >= 15 is 0 Å². The fourth-order valence-corrected chi connectivity index (χ4v) is 2.81. The first-order valence-electron chi connectivity index (χ1n) is 5.84. The topological polar surface area (TPSA) is 110 Å². The van der Waals surface area contributed by atoms with E-state index in [0.29, 0.717) is 0 Å². The summed E-state index contributed by atoms with van der Waals surface area (Å²) in [5.41, 5.74) is 0. The van der Waals surface area contributed by atoms with E-state index in [1.54, 1.807) is 0 Å². The lowest BCUT2D eigenvalue weighted by Gasteiger charge is -2.14. The predicted molar refractivity (Wildman–Crippen MR) is 69.4 cm³/mol. The molecule has 1 atom stereocenters. The summed E-state index contributed by atoms with van der Waals surface area (Å²) in [6.45, 7) is 0. The molecule has 116 valence electrons. The Balaban J connectivity index is 2.90. The van der Waals surface area contributed by atoms with Crippen molar-refractivity contribution in [1.82, 2.24) is 4.72 Å². The molecule has 0 fully saturated rings. The Kier molecular flexibility index (Phi) is 5.79. The van der Waals surface area contributed by atoms with Crippen LogP contribution in [0, 0.1) is 5.82 Å². The Labute approximate surface area is 120 Å². The lowest BCUT2D eigenvalue weighted by atomic mass is 10.2. The van der Waals surface area contributed by atoms with E-state index in [4.69, 9.17) is 5.11 Å². The van der Waals surface area contributed by atoms with Gasteiger partial charge < -0.3 is 9.84 Å². The smallest absolute Gasteiger partial charge is 0.321 e. The molecule has 21 heavy (non-hydrogen) atoms. The number of carboxylic acids is 1. The summed E-state index contributed by atoms with van der Waals surface area (Å²) in [4.78, 5) is 21.3. The zero-order chi connectivity index (χ0) is 16.0. The number of sulfonamides is 1. The van der Waals surface area contributed by atoms with Crippen molar-refractivity contribution in [3.63, 3.8) is 0 Å². The molecule has 7 nitrogen and oxygen atoms in total. The van der Waals surface area contributed by atoms with Gasteiger partial charge in [0, 0.05) is 6.42 Å². The number of ether oxygens (including phenoxy) is 1. The molecule has 0 aliphatic carbocycles. The lowest BCUT2D eigenvalue weighted by Crippen LogP contribution is -2.41. The number of hydrogen-bond donors (Lipinski definition) is 2. The van der Waals surface area contributed by atoms with E-state index in [1.165, 1.54) is 12.1 Å². The molecule has 0 spiro atoms. The summed E-state index contributed by atoms with van der Waals surface area (Å²) in [5.74, 6) is -3.15. The summed E-state index contributed by atoms with van der Waals surface area (Å²) in [7, 11) is -3.22. The normalized spacial score (nSPS) is 12.7. The van der Waals surface area contributed by atoms with Crippen molar-refractivity contribution in [1.29, 1.82) is 0 Å². The first-order valence-corrected chi connectivity index (χ1v) is 7.32. The summed E-state index contributed by atoms with van der Waals surface area (Å²) in [6.07, 6.45) is -0.594. The van der Waals surface area contributed by atoms with Crippen LogP contribution >= 0.6 is 0 Å². The van der Waals surface area contributed by atoms with E-state index in [-0.39, 0.29) is 12.8 Å². The Morgan fingerprint density at radius 3 is 2.52 bits per heavy atom. The van der Waals surface area contributed by atoms with Crippen LogP contribution in [0.25, 0.3) is 0 Å². The van der Waals surface area contributed by atoms with Crippen LogP contribution in [0.5, 0.6) is 0 Å². The largest absolute Gasteiger partial charge is 0.480 e. The average molecular weight is 319 g/mol. The maximum absolute atomic E-state index is 13.5. The summed E-state index contributed by atoms with van der Waals surface area (Å²) < 4.78 is 43.6. The number of methoxy groups -OCH3 is 1. The molecule has 2 N–H and O–H groups in total. The molecule has 0 radical (unpaired) electrons. The maximum Gasteiger partial charge on any atom is 0.321 e. The zero-order valence-electron chi connectivity index (χ0n) is 11.1. The zero-order valence-corrected chi connectivity index (χ0v) is 11.9. The summed E-state index contributed by atoms with van der Waals surface area (Å²) in [5, 5.41) is 8.97. The molecule has 0 bridgehead atoms. The first-order chi connectivity index (χ1) is 9.77. The number of carbonyl (C=O) groups is 2. The number of carbonyl (C=O) groups excluding carboxylic acids is 1. The minimum Gasteiger partial charge on any atom is -0.480 e. The van der Waals surface area contributed by atoms with Crippen molar-refractivity contribution in [2.24, 2.45) is 0 Å². The number of rotatable bonds is 7. The average Bonchev–Trinajstić information content (AvgIpc) is 2.42. The Morgan fingerprint density at radius 1 is 1.38 bits per heavy atom. The van der Waals surface area contributed by atoms with Gasteiger partial charge in [-0.1, -0.05) is 12.1 Å². The fourth-order valence-electron chi connectivity index (χ4n) is 1.51. The molecule has 1 unspecified atom stereocenters. The van der Waals surface area contributed by atoms with Gasteiger partial charge in [-0.3, -0.25) is 9.59 Å². The minimum absolute atomic E-state index is 0.284. The van der Waals surface area contributed by atoms with Crippen LogP contribution in [0.15, 0.2) is 29.2 Å². The molecular formula is C12H14FNO6S. The van der Waals surface area contributed by atoms with E-state index in [9.17, 15) is 22.4 Å². The summed E-state index contributed by atoms with van der Waals surface area (Å²) >= 11 is 0. The molecule has 1 rings (SSSR count). The van der Waals surface area contributed by atoms with Crippen molar-refractivity contribution in [3.8, 4) is 0 Å². The van der Waals surface area contributed by atoms with Gasteiger partial charge in [0.15, 0.2) is 0 Å². The van der Waals surface area contributed by atoms with Gasteiger partial charge in [0.25, 0.3) is 0 Å². The van der Waals surface area contributed by atoms with Gasteiger partial charge in [-0.2, -0.15) is 4.72 Å². The van der Waals surface area contributed by atoms with Crippen LogP contribution in [-0.4, -0.2) is 38.6 Å². The van der Waals surface area contributed by atoms with Crippen molar-refractivity contribution < 1.29 is 32.2 Å². The number of esters is 1. The third kappa shape index (κ3) is 4.80. The highest BCUT2D eigenvalue weighted by Gasteiger charge is 2.27. The maximum atomic E-state index is 13.5. The second-order valence-corrected chi connectivity index (χ2v) is 5.74. The van der Waals surface area contributed by atoms with Crippen LogP contribution in [0.2, 0.25) is 0 Å². The van der Waals surface area contributed by atoms with Gasteiger partial charge in [0.2, 0.25) is 10.0 Å². The van der Waals surface area contributed by atoms with Crippen molar-refractivity contribution in [3.05, 3.63) is 30.1 Å². The third-order valence-electron chi connectivity index (χ3n) is 2.59. The third-order valence-corrected chi connectivity index (χ3v) is 4.09. The molecule has 0 aliphatic rings. The Morgan fingerprint density at radius 2 is 2.00 bits per heavy atom. The number of benzene rings is 1. The predicted octanol–water partition coefficient (Wildman–Crippen LogP) is 0.510. The van der Waals surface area contributed by atoms with E-state index in [0.717, 1.165) is 19.2 Å². The van der Waals surface area contributed by atoms with Gasteiger partial charge in [-0.05, 0) is 18.6 Å². The van der Waals surface area contributed by atoms with Gasteiger partial charge in [-0.25, -0.2) is 12.8 Å². The Hall–Kier alpha value is -2.00.